The minimum atomic E-state index is 0.323. The first-order chi connectivity index (χ1) is 7.50. The van der Waals surface area contributed by atoms with Crippen molar-refractivity contribution in [1.82, 2.24) is 14.6 Å². The summed E-state index contributed by atoms with van der Waals surface area (Å²) in [6, 6.07) is 0. The summed E-state index contributed by atoms with van der Waals surface area (Å²) in [6.45, 7) is 8.45. The summed E-state index contributed by atoms with van der Waals surface area (Å²) in [5.74, 6) is 0.772. The molecule has 2 N–H and O–H groups in total. The average Bonchev–Trinajstić information content (AvgIpc) is 2.55. The number of aromatic nitrogens is 3. The molecule has 0 amide bonds. The number of hydrogen-bond acceptors (Lipinski definition) is 3. The van der Waals surface area contributed by atoms with Crippen molar-refractivity contribution in [3.63, 3.8) is 0 Å². The van der Waals surface area contributed by atoms with Gasteiger partial charge in [-0.25, -0.2) is 9.50 Å². The van der Waals surface area contributed by atoms with E-state index in [1.807, 2.05) is 12.4 Å². The van der Waals surface area contributed by atoms with Crippen LogP contribution in [0, 0.1) is 0 Å². The van der Waals surface area contributed by atoms with Gasteiger partial charge in [-0.3, -0.25) is 0 Å². The summed E-state index contributed by atoms with van der Waals surface area (Å²) in [5.41, 5.74) is 9.57. The van der Waals surface area contributed by atoms with Gasteiger partial charge in [-0.05, 0) is 17.4 Å². The molecule has 0 aliphatic heterocycles. The lowest BCUT2D eigenvalue weighted by Crippen LogP contribution is -1.96. The van der Waals surface area contributed by atoms with Crippen molar-refractivity contribution < 1.29 is 0 Å². The third-order valence-electron chi connectivity index (χ3n) is 2.77. The molecule has 0 aromatic carbocycles. The molecule has 0 saturated carbocycles. The number of nitrogens with zero attached hydrogens (tertiary/aromatic N) is 3. The first kappa shape index (κ1) is 10.9. The number of hydrogen-bond donors (Lipinski definition) is 1. The van der Waals surface area contributed by atoms with Crippen molar-refractivity contribution in [3.8, 4) is 0 Å². The molecule has 2 heterocycles. The second-order valence-corrected chi connectivity index (χ2v) is 4.76. The molecule has 86 valence electrons. The SMILES string of the molecule is CC(C)c1cnc2c(N)c(C(C)C)nn2c1. The van der Waals surface area contributed by atoms with Crippen molar-refractivity contribution in [2.45, 2.75) is 39.5 Å². The highest BCUT2D eigenvalue weighted by Crippen LogP contribution is 2.24. The molecule has 0 radical (unpaired) electrons. The Hall–Kier alpha value is -1.58. The standard InChI is InChI=1S/C12H18N4/c1-7(2)9-5-14-12-10(13)11(8(3)4)15-16(12)6-9/h5-8H,13H2,1-4H3. The smallest absolute Gasteiger partial charge is 0.178 e. The molecule has 0 unspecified atom stereocenters. The second kappa shape index (κ2) is 3.77. The van der Waals surface area contributed by atoms with E-state index in [0.29, 0.717) is 17.5 Å². The molecule has 0 atom stereocenters. The fraction of sp³-hybridized carbons (Fsp3) is 0.500. The van der Waals surface area contributed by atoms with Crippen molar-refractivity contribution in [1.29, 1.82) is 0 Å². The van der Waals surface area contributed by atoms with Gasteiger partial charge in [0.05, 0.1) is 5.69 Å². The molecule has 0 fully saturated rings. The van der Waals surface area contributed by atoms with Crippen LogP contribution in [0.4, 0.5) is 5.69 Å². The van der Waals surface area contributed by atoms with Gasteiger partial charge in [0.1, 0.15) is 5.69 Å². The van der Waals surface area contributed by atoms with Crippen LogP contribution < -0.4 is 5.73 Å². The summed E-state index contributed by atoms with van der Waals surface area (Å²) in [7, 11) is 0. The maximum absolute atomic E-state index is 6.02. The zero-order valence-electron chi connectivity index (χ0n) is 10.2. The molecule has 0 bridgehead atoms. The lowest BCUT2D eigenvalue weighted by molar-refractivity contribution is 0.773. The van der Waals surface area contributed by atoms with Gasteiger partial charge in [-0.15, -0.1) is 0 Å². The number of rotatable bonds is 2. The summed E-state index contributed by atoms with van der Waals surface area (Å²) < 4.78 is 1.79. The maximum atomic E-state index is 6.02. The molecular weight excluding hydrogens is 200 g/mol. The topological polar surface area (TPSA) is 56.2 Å². The van der Waals surface area contributed by atoms with E-state index in [2.05, 4.69) is 37.8 Å². The fourth-order valence-electron chi connectivity index (χ4n) is 1.71. The number of fused-ring (bicyclic) bond motifs is 1. The maximum Gasteiger partial charge on any atom is 0.178 e. The van der Waals surface area contributed by atoms with E-state index in [1.165, 1.54) is 5.56 Å². The lowest BCUT2D eigenvalue weighted by atomic mass is 10.1. The molecule has 4 heteroatoms. The van der Waals surface area contributed by atoms with Crippen LogP contribution in [0.25, 0.3) is 5.65 Å². The Labute approximate surface area is 95.5 Å². The first-order valence-corrected chi connectivity index (χ1v) is 5.64. The molecule has 2 rings (SSSR count). The van der Waals surface area contributed by atoms with Crippen LogP contribution in [0.15, 0.2) is 12.4 Å². The fourth-order valence-corrected chi connectivity index (χ4v) is 1.71. The first-order valence-electron chi connectivity index (χ1n) is 5.64. The van der Waals surface area contributed by atoms with Gasteiger partial charge < -0.3 is 5.73 Å². The third kappa shape index (κ3) is 1.64. The second-order valence-electron chi connectivity index (χ2n) is 4.76. The molecule has 0 spiro atoms. The van der Waals surface area contributed by atoms with Crippen LogP contribution in [-0.2, 0) is 0 Å². The molecule has 0 saturated heterocycles. The number of nitrogens with two attached hydrogens (primary N) is 1. The van der Waals surface area contributed by atoms with Gasteiger partial charge in [0.15, 0.2) is 5.65 Å². The number of anilines is 1. The Morgan fingerprint density at radius 2 is 1.88 bits per heavy atom. The zero-order valence-corrected chi connectivity index (χ0v) is 10.2. The molecule has 16 heavy (non-hydrogen) atoms. The largest absolute Gasteiger partial charge is 0.394 e. The Morgan fingerprint density at radius 3 is 2.44 bits per heavy atom. The Morgan fingerprint density at radius 1 is 1.19 bits per heavy atom. The van der Waals surface area contributed by atoms with E-state index >= 15 is 0 Å². The molecule has 0 aliphatic rings. The van der Waals surface area contributed by atoms with E-state index in [0.717, 1.165) is 11.3 Å². The Balaban J connectivity index is 2.63. The van der Waals surface area contributed by atoms with Gasteiger partial charge in [0.2, 0.25) is 0 Å². The predicted molar refractivity (Wildman–Crippen MR) is 65.6 cm³/mol. The highest BCUT2D eigenvalue weighted by molar-refractivity contribution is 5.68. The summed E-state index contributed by atoms with van der Waals surface area (Å²) >= 11 is 0. The van der Waals surface area contributed by atoms with Crippen LogP contribution in [0.5, 0.6) is 0 Å². The van der Waals surface area contributed by atoms with Crippen LogP contribution in [0.2, 0.25) is 0 Å². The summed E-state index contributed by atoms with van der Waals surface area (Å²) in [5, 5.41) is 4.48. The Bertz CT molecular complexity index is 511. The molecule has 2 aromatic heterocycles. The minimum Gasteiger partial charge on any atom is -0.394 e. The van der Waals surface area contributed by atoms with Gasteiger partial charge in [-0.2, -0.15) is 5.10 Å². The third-order valence-corrected chi connectivity index (χ3v) is 2.77. The molecule has 2 aromatic rings. The monoisotopic (exact) mass is 218 g/mol. The highest BCUT2D eigenvalue weighted by Gasteiger charge is 2.14. The van der Waals surface area contributed by atoms with E-state index < -0.39 is 0 Å². The molecular formula is C12H18N4. The van der Waals surface area contributed by atoms with Crippen LogP contribution in [-0.4, -0.2) is 14.6 Å². The Kier molecular flexibility index (Phi) is 2.58. The van der Waals surface area contributed by atoms with Crippen molar-refractivity contribution in [3.05, 3.63) is 23.7 Å². The van der Waals surface area contributed by atoms with Crippen molar-refractivity contribution >= 4 is 11.3 Å². The van der Waals surface area contributed by atoms with Gasteiger partial charge >= 0.3 is 0 Å². The highest BCUT2D eigenvalue weighted by atomic mass is 15.3. The van der Waals surface area contributed by atoms with E-state index in [-0.39, 0.29) is 0 Å². The van der Waals surface area contributed by atoms with E-state index in [1.54, 1.807) is 4.52 Å². The van der Waals surface area contributed by atoms with Crippen LogP contribution in [0.1, 0.15) is 50.8 Å². The normalized spacial score (nSPS) is 11.9. The van der Waals surface area contributed by atoms with Crippen molar-refractivity contribution in [2.24, 2.45) is 0 Å². The van der Waals surface area contributed by atoms with Gasteiger partial charge in [0, 0.05) is 12.4 Å². The molecule has 4 nitrogen and oxygen atoms in total. The van der Waals surface area contributed by atoms with E-state index in [4.69, 9.17) is 5.73 Å². The van der Waals surface area contributed by atoms with Gasteiger partial charge in [-0.1, -0.05) is 27.7 Å². The number of nitrogen functional groups attached to an aromatic ring is 1. The van der Waals surface area contributed by atoms with E-state index in [9.17, 15) is 0 Å². The average molecular weight is 218 g/mol. The predicted octanol–water partition coefficient (Wildman–Crippen LogP) is 2.56. The zero-order chi connectivity index (χ0) is 11.9. The van der Waals surface area contributed by atoms with Gasteiger partial charge in [0.25, 0.3) is 0 Å². The summed E-state index contributed by atoms with van der Waals surface area (Å²) in [4.78, 5) is 4.38. The van der Waals surface area contributed by atoms with Crippen molar-refractivity contribution in [2.75, 3.05) is 5.73 Å². The van der Waals surface area contributed by atoms with Crippen LogP contribution in [0.3, 0.4) is 0 Å². The minimum absolute atomic E-state index is 0.323. The van der Waals surface area contributed by atoms with Crippen LogP contribution >= 0.6 is 0 Å². The molecule has 0 aliphatic carbocycles. The quantitative estimate of drug-likeness (QED) is 0.842. The lowest BCUT2D eigenvalue weighted by Gasteiger charge is -2.03. The summed E-state index contributed by atoms with van der Waals surface area (Å²) in [6.07, 6.45) is 3.89.